The van der Waals surface area contributed by atoms with Crippen molar-refractivity contribution in [2.75, 3.05) is 0 Å². The molecule has 0 bridgehead atoms. The molecule has 2 aromatic rings. The SMILES string of the molecule is CC[C@@H](C)C(=O)c1c(O)c(CC=C(C)C)c(O)c2c([C@H](O)CC)cc(=O)oc12. The summed E-state index contributed by atoms with van der Waals surface area (Å²) in [5.41, 5.74) is 0.255. The van der Waals surface area contributed by atoms with E-state index in [9.17, 15) is 24.9 Å². The second-order valence-electron chi connectivity index (χ2n) is 7.36. The van der Waals surface area contributed by atoms with Gasteiger partial charge in [0.05, 0.1) is 11.5 Å². The number of hydrogen-bond donors (Lipinski definition) is 3. The van der Waals surface area contributed by atoms with Crippen molar-refractivity contribution in [3.05, 3.63) is 44.8 Å². The first-order chi connectivity index (χ1) is 13.1. The molecule has 0 unspecified atom stereocenters. The predicted octanol–water partition coefficient (Wildman–Crippen LogP) is 4.39. The van der Waals surface area contributed by atoms with Crippen LogP contribution in [0.15, 0.2) is 26.9 Å². The summed E-state index contributed by atoms with van der Waals surface area (Å²) in [6, 6.07) is 1.12. The lowest BCUT2D eigenvalue weighted by molar-refractivity contribution is 0.0925. The van der Waals surface area contributed by atoms with Crippen molar-refractivity contribution in [3.63, 3.8) is 0 Å². The molecule has 1 aromatic carbocycles. The number of hydrogen-bond acceptors (Lipinski definition) is 6. The van der Waals surface area contributed by atoms with Gasteiger partial charge in [0.2, 0.25) is 0 Å². The highest BCUT2D eigenvalue weighted by atomic mass is 16.4. The van der Waals surface area contributed by atoms with Crippen molar-refractivity contribution in [1.29, 1.82) is 0 Å². The largest absolute Gasteiger partial charge is 0.507 e. The fourth-order valence-corrected chi connectivity index (χ4v) is 3.10. The van der Waals surface area contributed by atoms with Gasteiger partial charge in [-0.2, -0.15) is 0 Å². The van der Waals surface area contributed by atoms with Gasteiger partial charge in [-0.05, 0) is 33.1 Å². The molecule has 6 nitrogen and oxygen atoms in total. The molecular weight excluding hydrogens is 360 g/mol. The summed E-state index contributed by atoms with van der Waals surface area (Å²) in [6.45, 7) is 9.06. The van der Waals surface area contributed by atoms with Crippen LogP contribution in [-0.4, -0.2) is 21.1 Å². The highest BCUT2D eigenvalue weighted by Crippen LogP contribution is 2.43. The van der Waals surface area contributed by atoms with Crippen molar-refractivity contribution < 1.29 is 24.5 Å². The van der Waals surface area contributed by atoms with Gasteiger partial charge in [-0.15, -0.1) is 0 Å². The minimum atomic E-state index is -1.02. The fraction of sp³-hybridized carbons (Fsp3) is 0.455. The Morgan fingerprint density at radius 3 is 2.36 bits per heavy atom. The molecular formula is C22H28O6. The van der Waals surface area contributed by atoms with Crippen LogP contribution in [0.3, 0.4) is 0 Å². The summed E-state index contributed by atoms with van der Waals surface area (Å²) in [6.07, 6.45) is 1.82. The van der Waals surface area contributed by atoms with E-state index in [1.807, 2.05) is 26.8 Å². The minimum Gasteiger partial charge on any atom is -0.507 e. The van der Waals surface area contributed by atoms with E-state index in [1.54, 1.807) is 13.8 Å². The van der Waals surface area contributed by atoms with E-state index in [1.165, 1.54) is 0 Å². The van der Waals surface area contributed by atoms with E-state index >= 15 is 0 Å². The molecule has 3 N–H and O–H groups in total. The Hall–Kier alpha value is -2.60. The topological polar surface area (TPSA) is 108 Å². The summed E-state index contributed by atoms with van der Waals surface area (Å²) in [5.74, 6) is -1.48. The third kappa shape index (κ3) is 3.97. The van der Waals surface area contributed by atoms with Gasteiger partial charge in [0.25, 0.3) is 0 Å². The number of allylic oxidation sites excluding steroid dienone is 2. The summed E-state index contributed by atoms with van der Waals surface area (Å²) in [5, 5.41) is 32.2. The molecule has 0 aliphatic rings. The van der Waals surface area contributed by atoms with E-state index in [-0.39, 0.29) is 51.4 Å². The lowest BCUT2D eigenvalue weighted by atomic mass is 9.89. The molecule has 152 valence electrons. The molecule has 1 heterocycles. The molecule has 0 aliphatic carbocycles. The van der Waals surface area contributed by atoms with Crippen molar-refractivity contribution in [3.8, 4) is 11.5 Å². The van der Waals surface area contributed by atoms with Crippen LogP contribution >= 0.6 is 0 Å². The Labute approximate surface area is 164 Å². The summed E-state index contributed by atoms with van der Waals surface area (Å²) >= 11 is 0. The fourth-order valence-electron chi connectivity index (χ4n) is 3.10. The molecule has 0 fully saturated rings. The van der Waals surface area contributed by atoms with E-state index in [0.29, 0.717) is 12.8 Å². The van der Waals surface area contributed by atoms with Gasteiger partial charge in [-0.3, -0.25) is 4.79 Å². The maximum Gasteiger partial charge on any atom is 0.336 e. The van der Waals surface area contributed by atoms with E-state index < -0.39 is 17.6 Å². The first-order valence-electron chi connectivity index (χ1n) is 9.54. The second kappa shape index (κ2) is 8.61. The number of Topliss-reactive ketones (excluding diaryl/α,β-unsaturated/α-hetero) is 1. The molecule has 28 heavy (non-hydrogen) atoms. The molecule has 0 radical (unpaired) electrons. The standard InChI is InChI=1S/C22H28O6/c1-6-12(5)19(25)18-21(27)13(9-8-11(3)4)20(26)17-14(15(23)7-2)10-16(24)28-22(17)18/h8,10,12,15,23,26-27H,6-7,9H2,1-5H3/t12-,15-/m1/s1. The zero-order valence-corrected chi connectivity index (χ0v) is 17.0. The van der Waals surface area contributed by atoms with Gasteiger partial charge < -0.3 is 19.7 Å². The van der Waals surface area contributed by atoms with Gasteiger partial charge in [-0.1, -0.05) is 32.4 Å². The van der Waals surface area contributed by atoms with E-state index in [2.05, 4.69) is 0 Å². The monoisotopic (exact) mass is 388 g/mol. The average molecular weight is 388 g/mol. The molecule has 2 rings (SSSR count). The number of benzene rings is 1. The maximum absolute atomic E-state index is 13.0. The summed E-state index contributed by atoms with van der Waals surface area (Å²) < 4.78 is 5.26. The molecule has 1 aromatic heterocycles. The number of phenols is 2. The molecule has 0 aliphatic heterocycles. The van der Waals surface area contributed by atoms with Crippen LogP contribution in [0, 0.1) is 5.92 Å². The number of aromatic hydroxyl groups is 2. The maximum atomic E-state index is 13.0. The Morgan fingerprint density at radius 2 is 1.82 bits per heavy atom. The molecule has 0 amide bonds. The lowest BCUT2D eigenvalue weighted by Crippen LogP contribution is -2.14. The minimum absolute atomic E-state index is 0.0931. The van der Waals surface area contributed by atoms with Crippen molar-refractivity contribution in [1.82, 2.24) is 0 Å². The van der Waals surface area contributed by atoms with Crippen LogP contribution in [0.4, 0.5) is 0 Å². The van der Waals surface area contributed by atoms with Gasteiger partial charge in [-0.25, -0.2) is 4.79 Å². The van der Waals surface area contributed by atoms with Crippen LogP contribution in [0.25, 0.3) is 11.0 Å². The number of carbonyl (C=O) groups excluding carboxylic acids is 1. The normalized spacial score (nSPS) is 13.4. The van der Waals surface area contributed by atoms with Crippen molar-refractivity contribution >= 4 is 16.8 Å². The first kappa shape index (κ1) is 21.7. The van der Waals surface area contributed by atoms with E-state index in [4.69, 9.17) is 4.42 Å². The molecule has 2 atom stereocenters. The van der Waals surface area contributed by atoms with Crippen LogP contribution < -0.4 is 5.63 Å². The van der Waals surface area contributed by atoms with Crippen LogP contribution in [-0.2, 0) is 6.42 Å². The lowest BCUT2D eigenvalue weighted by Gasteiger charge is -2.19. The second-order valence-corrected chi connectivity index (χ2v) is 7.36. The molecule has 6 heteroatoms. The number of aliphatic hydroxyl groups is 1. The number of aliphatic hydroxyl groups excluding tert-OH is 1. The molecule has 0 saturated heterocycles. The van der Waals surface area contributed by atoms with Gasteiger partial charge in [0.15, 0.2) is 11.4 Å². The van der Waals surface area contributed by atoms with Crippen LogP contribution in [0.1, 0.15) is 75.0 Å². The number of phenolic OH excluding ortho intramolecular Hbond substituents is 2. The number of rotatable bonds is 7. The number of fused-ring (bicyclic) bond motifs is 1. The van der Waals surface area contributed by atoms with Crippen molar-refractivity contribution in [2.45, 2.75) is 60.0 Å². The zero-order chi connectivity index (χ0) is 21.2. The predicted molar refractivity (Wildman–Crippen MR) is 108 cm³/mol. The summed E-state index contributed by atoms with van der Waals surface area (Å²) in [7, 11) is 0. The highest BCUT2D eigenvalue weighted by molar-refractivity contribution is 6.12. The third-order valence-corrected chi connectivity index (χ3v) is 5.03. The molecule has 0 saturated carbocycles. The Bertz CT molecular complexity index is 979. The highest BCUT2D eigenvalue weighted by Gasteiger charge is 2.29. The van der Waals surface area contributed by atoms with E-state index in [0.717, 1.165) is 11.6 Å². The molecule has 0 spiro atoms. The van der Waals surface area contributed by atoms with Gasteiger partial charge in [0.1, 0.15) is 17.1 Å². The average Bonchev–Trinajstić information content (AvgIpc) is 2.65. The number of carbonyl (C=O) groups is 1. The van der Waals surface area contributed by atoms with Gasteiger partial charge in [0, 0.05) is 23.1 Å². The quantitative estimate of drug-likeness (QED) is 0.369. The first-order valence-corrected chi connectivity index (χ1v) is 9.54. The third-order valence-electron chi connectivity index (χ3n) is 5.03. The Kier molecular flexibility index (Phi) is 6.67. The summed E-state index contributed by atoms with van der Waals surface area (Å²) in [4.78, 5) is 25.1. The smallest absolute Gasteiger partial charge is 0.336 e. The van der Waals surface area contributed by atoms with Crippen LogP contribution in [0.2, 0.25) is 0 Å². The van der Waals surface area contributed by atoms with Crippen molar-refractivity contribution in [2.24, 2.45) is 5.92 Å². The number of ketones is 1. The Balaban J connectivity index is 3.03. The van der Waals surface area contributed by atoms with Gasteiger partial charge >= 0.3 is 5.63 Å². The zero-order valence-electron chi connectivity index (χ0n) is 17.0. The van der Waals surface area contributed by atoms with Crippen LogP contribution in [0.5, 0.6) is 11.5 Å². The Morgan fingerprint density at radius 1 is 1.18 bits per heavy atom.